The molecule has 2 fully saturated rings. The molecule has 2 aromatic heterocycles. The Balaban J connectivity index is 0.000000263. The van der Waals surface area contributed by atoms with E-state index in [-0.39, 0.29) is 111 Å². The molecule has 0 bridgehead atoms. The number of halogens is 4. The standard InChI is InChI=1S/C37H35F2N2O8PS.C23H23F2N2O8PS.2Na/c1-44-30-14-16-31(17-15-30)51-34-35(42)41(20-19-40-34)29-13-18-32(33(21-29)45-2)46-26-36(24-37(38,39)25-36)49-50(43,47-22-27-9-5-3-6-10-27)48-23-28-11-7-4-8-12-28;1-32-16-4-6-17(7-5-16)37-20-21(28)27(10-9-26-20)15-3-8-18(19(11-15)33-2)34-14-22(35-36(29,30)31)12-23(24,25)13-22;;/h3-21H,22-26H2,1-2H3;3-11H,12-14H2,1-2H3,(H2,29,30,31);;/q;;2*+1/p-2. The summed E-state index contributed by atoms with van der Waals surface area (Å²) < 4.78 is 138. The molecule has 0 unspecified atom stereocenters. The van der Waals surface area contributed by atoms with E-state index in [9.17, 15) is 46.1 Å². The first-order valence-corrected chi connectivity index (χ1v) is 31.1. The molecule has 6 aromatic carbocycles. The summed E-state index contributed by atoms with van der Waals surface area (Å²) in [6.45, 7) is -1.30. The third-order valence-electron chi connectivity index (χ3n) is 13.4. The predicted molar refractivity (Wildman–Crippen MR) is 312 cm³/mol. The van der Waals surface area contributed by atoms with Crippen molar-refractivity contribution in [1.82, 2.24) is 19.1 Å². The first-order chi connectivity index (χ1) is 42.0. The Morgan fingerprint density at radius 3 is 1.23 bits per heavy atom. The van der Waals surface area contributed by atoms with Crippen molar-refractivity contribution in [1.29, 1.82) is 0 Å². The van der Waals surface area contributed by atoms with Crippen LogP contribution in [0, 0.1) is 0 Å². The Labute approximate surface area is 567 Å². The first-order valence-electron chi connectivity index (χ1n) is 26.6. The fourth-order valence-corrected chi connectivity index (χ4v) is 13.0. The van der Waals surface area contributed by atoms with Gasteiger partial charge in [-0.1, -0.05) is 84.2 Å². The molecule has 20 nitrogen and oxygen atoms in total. The second kappa shape index (κ2) is 31.4. The van der Waals surface area contributed by atoms with Crippen molar-refractivity contribution in [2.24, 2.45) is 0 Å². The molecule has 2 aliphatic rings. The van der Waals surface area contributed by atoms with Gasteiger partial charge in [-0.05, 0) is 83.9 Å². The van der Waals surface area contributed by atoms with Gasteiger partial charge in [-0.15, -0.1) is 0 Å². The molecule has 30 heteroatoms. The van der Waals surface area contributed by atoms with Gasteiger partial charge in [-0.3, -0.25) is 32.3 Å². The van der Waals surface area contributed by atoms with Gasteiger partial charge in [0, 0.05) is 72.4 Å². The van der Waals surface area contributed by atoms with Crippen LogP contribution >= 0.6 is 39.2 Å². The number of phosphoric ester groups is 2. The molecule has 0 aliphatic heterocycles. The molecule has 0 radical (unpaired) electrons. The van der Waals surface area contributed by atoms with Gasteiger partial charge < -0.3 is 47.3 Å². The zero-order chi connectivity index (χ0) is 62.7. The molecular weight excluding hydrogens is 1280 g/mol. The number of phosphoric acid groups is 2. The SMILES string of the molecule is COc1ccc(Sc2nccn(-c3ccc(OCC4(OP(=O)(OCc5ccccc5)OCc5ccccc5)CC(F)(F)C4)c(OC)c3)c2=O)cc1.COc1ccc(Sc2nccn(-c3ccc(OCC4(OP(=O)([O-])[O-])CC(F)(F)C4)c(OC)c3)c2=O)cc1.[Na+].[Na+]. The van der Waals surface area contributed by atoms with Crippen LogP contribution in [0.15, 0.2) is 200 Å². The molecule has 90 heavy (non-hydrogen) atoms. The number of aromatic nitrogens is 4. The van der Waals surface area contributed by atoms with E-state index in [0.717, 1.165) is 9.79 Å². The second-order valence-electron chi connectivity index (χ2n) is 20.0. The van der Waals surface area contributed by atoms with Crippen molar-refractivity contribution in [2.45, 2.75) is 81.8 Å². The summed E-state index contributed by atoms with van der Waals surface area (Å²) in [6.07, 6.45) is 2.48. The van der Waals surface area contributed by atoms with Gasteiger partial charge in [0.1, 0.15) is 35.9 Å². The van der Waals surface area contributed by atoms with Crippen LogP contribution in [0.2, 0.25) is 0 Å². The van der Waals surface area contributed by atoms with Crippen LogP contribution in [-0.4, -0.2) is 83.8 Å². The number of hydrogen-bond acceptors (Lipinski definition) is 20. The third kappa shape index (κ3) is 19.3. The summed E-state index contributed by atoms with van der Waals surface area (Å²) in [6, 6.07) is 41.5. The van der Waals surface area contributed by atoms with E-state index in [2.05, 4.69) is 14.5 Å². The zero-order valence-corrected chi connectivity index (χ0v) is 56.8. The average Bonchev–Trinajstić information content (AvgIpc) is 0.812. The van der Waals surface area contributed by atoms with Gasteiger partial charge in [0.25, 0.3) is 23.0 Å². The maximum atomic E-state index is 14.5. The Kier molecular flexibility index (Phi) is 25.1. The van der Waals surface area contributed by atoms with Gasteiger partial charge in [0.2, 0.25) is 0 Å². The van der Waals surface area contributed by atoms with E-state index in [1.165, 1.54) is 89.9 Å². The second-order valence-corrected chi connectivity index (χ2v) is 24.8. The molecule has 0 spiro atoms. The molecule has 10 rings (SSSR count). The fraction of sp³-hybridized carbons (Fsp3) is 0.267. The van der Waals surface area contributed by atoms with Crippen LogP contribution < -0.4 is 108 Å². The summed E-state index contributed by atoms with van der Waals surface area (Å²) in [5, 5.41) is 0.469. The van der Waals surface area contributed by atoms with Crippen LogP contribution in [0.5, 0.6) is 34.5 Å². The van der Waals surface area contributed by atoms with Crippen LogP contribution in [0.4, 0.5) is 17.6 Å². The Bertz CT molecular complexity index is 3860. The quantitative estimate of drug-likeness (QED) is 0.0379. The minimum atomic E-state index is -5.53. The molecule has 0 amide bonds. The molecule has 8 aromatic rings. The van der Waals surface area contributed by atoms with Crippen molar-refractivity contribution < 1.29 is 142 Å². The Hall–Kier alpha value is -5.48. The van der Waals surface area contributed by atoms with Crippen LogP contribution in [-0.2, 0) is 40.4 Å². The summed E-state index contributed by atoms with van der Waals surface area (Å²) in [5.74, 6) is -4.24. The summed E-state index contributed by atoms with van der Waals surface area (Å²) >= 11 is 2.38. The summed E-state index contributed by atoms with van der Waals surface area (Å²) in [4.78, 5) is 58.7. The van der Waals surface area contributed by atoms with Gasteiger partial charge >= 0.3 is 66.9 Å². The summed E-state index contributed by atoms with van der Waals surface area (Å²) in [7, 11) is -4.07. The topological polar surface area (TPSA) is 242 Å². The summed E-state index contributed by atoms with van der Waals surface area (Å²) in [5.41, 5.74) is -2.19. The number of methoxy groups -OCH3 is 4. The van der Waals surface area contributed by atoms with Crippen LogP contribution in [0.25, 0.3) is 11.4 Å². The molecule has 2 aliphatic carbocycles. The fourth-order valence-electron chi connectivity index (χ4n) is 9.30. The number of hydrogen-bond donors (Lipinski definition) is 0. The minimum Gasteiger partial charge on any atom is -0.790 e. The van der Waals surface area contributed by atoms with Crippen molar-refractivity contribution in [2.75, 3.05) is 41.7 Å². The zero-order valence-electron chi connectivity index (χ0n) is 49.4. The monoisotopic (exact) mass is 1340 g/mol. The van der Waals surface area contributed by atoms with E-state index in [1.807, 2.05) is 24.3 Å². The third-order valence-corrected chi connectivity index (χ3v) is 17.5. The molecule has 0 saturated heterocycles. The first kappa shape index (κ1) is 72.0. The maximum absolute atomic E-state index is 14.5. The van der Waals surface area contributed by atoms with Gasteiger partial charge in [0.05, 0.1) is 60.9 Å². The van der Waals surface area contributed by atoms with E-state index in [4.69, 9.17) is 42.0 Å². The van der Waals surface area contributed by atoms with Crippen LogP contribution in [0.1, 0.15) is 36.8 Å². The average molecular weight is 1340 g/mol. The van der Waals surface area contributed by atoms with E-state index < -0.39 is 83.1 Å². The number of nitrogens with zero attached hydrogens (tertiary/aromatic N) is 4. The normalized spacial score (nSPS) is 15.0. The number of alkyl halides is 4. The molecule has 0 N–H and O–H groups in total. The van der Waals surface area contributed by atoms with E-state index in [0.29, 0.717) is 34.0 Å². The van der Waals surface area contributed by atoms with Crippen molar-refractivity contribution in [3.63, 3.8) is 0 Å². The number of benzene rings is 6. The largest absolute Gasteiger partial charge is 1.00 e. The van der Waals surface area contributed by atoms with Gasteiger partial charge in [0.15, 0.2) is 33.0 Å². The van der Waals surface area contributed by atoms with Crippen molar-refractivity contribution in [3.8, 4) is 45.9 Å². The molecule has 464 valence electrons. The van der Waals surface area contributed by atoms with E-state index >= 15 is 0 Å². The molecule has 0 atom stereocenters. The number of ether oxygens (including phenoxy) is 6. The molecule has 2 heterocycles. The van der Waals surface area contributed by atoms with Crippen molar-refractivity contribution in [3.05, 3.63) is 202 Å². The van der Waals surface area contributed by atoms with Crippen LogP contribution in [0.3, 0.4) is 0 Å². The Morgan fingerprint density at radius 1 is 0.511 bits per heavy atom. The van der Waals surface area contributed by atoms with Crippen molar-refractivity contribution >= 4 is 39.2 Å². The number of rotatable bonds is 26. The minimum absolute atomic E-state index is 0. The van der Waals surface area contributed by atoms with Gasteiger partial charge in [-0.25, -0.2) is 32.1 Å². The smallest absolute Gasteiger partial charge is 0.790 e. The van der Waals surface area contributed by atoms with E-state index in [1.54, 1.807) is 117 Å². The maximum Gasteiger partial charge on any atom is 1.00 e. The Morgan fingerprint density at radius 2 is 0.889 bits per heavy atom. The van der Waals surface area contributed by atoms with Gasteiger partial charge in [-0.2, -0.15) is 0 Å². The molecule has 2 saturated carbocycles. The molecular formula is C60H56F4N4Na2O16P2S2. The predicted octanol–water partition coefficient (Wildman–Crippen LogP) is 5.31.